The van der Waals surface area contributed by atoms with Crippen molar-refractivity contribution in [3.05, 3.63) is 28.2 Å². The third-order valence-corrected chi connectivity index (χ3v) is 4.17. The summed E-state index contributed by atoms with van der Waals surface area (Å²) in [5, 5.41) is 8.82. The van der Waals surface area contributed by atoms with Crippen molar-refractivity contribution in [1.29, 1.82) is 5.26 Å². The molecule has 0 aliphatic rings. The van der Waals surface area contributed by atoms with Crippen molar-refractivity contribution >= 4 is 33.6 Å². The molecule has 3 nitrogen and oxygen atoms in total. The minimum Gasteiger partial charge on any atom is -0.343 e. The predicted molar refractivity (Wildman–Crippen MR) is 77.5 cm³/mol. The third kappa shape index (κ3) is 4.04. The molecule has 0 radical (unpaired) electrons. The van der Waals surface area contributed by atoms with Crippen molar-refractivity contribution in [2.45, 2.75) is 18.7 Å². The number of thioether (sulfide) groups is 1. The van der Waals surface area contributed by atoms with E-state index in [1.807, 2.05) is 30.9 Å². The maximum absolute atomic E-state index is 11.8. The highest BCUT2D eigenvalue weighted by Crippen LogP contribution is 2.25. The van der Waals surface area contributed by atoms with Gasteiger partial charge in [-0.25, -0.2) is 0 Å². The molecule has 0 atom stereocenters. The Balaban J connectivity index is 2.62. The van der Waals surface area contributed by atoms with Crippen LogP contribution in [0.5, 0.6) is 0 Å². The Morgan fingerprint density at radius 1 is 1.44 bits per heavy atom. The second-order valence-electron chi connectivity index (χ2n) is 3.61. The number of hydrogen-bond acceptors (Lipinski definition) is 3. The maximum Gasteiger partial charge on any atom is 0.232 e. The number of hydrogen-bond donors (Lipinski definition) is 0. The van der Waals surface area contributed by atoms with E-state index in [2.05, 4.69) is 22.0 Å². The van der Waals surface area contributed by atoms with Crippen LogP contribution in [0.4, 0.5) is 0 Å². The van der Waals surface area contributed by atoms with Crippen molar-refractivity contribution < 1.29 is 4.79 Å². The van der Waals surface area contributed by atoms with Crippen LogP contribution in [0.1, 0.15) is 19.4 Å². The van der Waals surface area contributed by atoms with Crippen LogP contribution in [-0.2, 0) is 4.79 Å². The molecule has 0 aliphatic heterocycles. The van der Waals surface area contributed by atoms with Crippen molar-refractivity contribution in [3.63, 3.8) is 0 Å². The zero-order valence-electron chi connectivity index (χ0n) is 10.4. The summed E-state index contributed by atoms with van der Waals surface area (Å²) in [4.78, 5) is 14.6. The SMILES string of the molecule is CCN(CC)C(=O)CSc1ccc(C#N)c(Br)c1. The number of rotatable bonds is 5. The fourth-order valence-electron chi connectivity index (χ4n) is 1.49. The first-order valence-corrected chi connectivity index (χ1v) is 7.50. The van der Waals surface area contributed by atoms with E-state index in [-0.39, 0.29) is 5.91 Å². The van der Waals surface area contributed by atoms with Gasteiger partial charge in [0.1, 0.15) is 6.07 Å². The predicted octanol–water partition coefficient (Wildman–Crippen LogP) is 3.28. The first-order chi connectivity index (χ1) is 8.62. The average molecular weight is 327 g/mol. The van der Waals surface area contributed by atoms with Crippen LogP contribution in [0.2, 0.25) is 0 Å². The van der Waals surface area contributed by atoms with E-state index < -0.39 is 0 Å². The molecule has 1 aromatic rings. The maximum atomic E-state index is 11.8. The van der Waals surface area contributed by atoms with Gasteiger partial charge in [-0.3, -0.25) is 4.79 Å². The highest BCUT2D eigenvalue weighted by atomic mass is 79.9. The van der Waals surface area contributed by atoms with Gasteiger partial charge in [-0.2, -0.15) is 5.26 Å². The lowest BCUT2D eigenvalue weighted by Gasteiger charge is -2.18. The number of nitrogens with zero attached hydrogens (tertiary/aromatic N) is 2. The van der Waals surface area contributed by atoms with Gasteiger partial charge < -0.3 is 4.90 Å². The molecule has 0 saturated carbocycles. The number of nitriles is 1. The molecule has 0 aromatic heterocycles. The molecule has 0 N–H and O–H groups in total. The number of amides is 1. The van der Waals surface area contributed by atoms with Gasteiger partial charge in [-0.15, -0.1) is 11.8 Å². The van der Waals surface area contributed by atoms with Crippen LogP contribution < -0.4 is 0 Å². The number of carbonyl (C=O) groups is 1. The Hall–Kier alpha value is -0.990. The molecule has 0 heterocycles. The molecule has 0 bridgehead atoms. The van der Waals surface area contributed by atoms with Crippen LogP contribution in [0, 0.1) is 11.3 Å². The molecule has 1 amide bonds. The van der Waals surface area contributed by atoms with E-state index in [9.17, 15) is 4.79 Å². The van der Waals surface area contributed by atoms with Crippen LogP contribution in [-0.4, -0.2) is 29.6 Å². The van der Waals surface area contributed by atoms with Gasteiger partial charge in [-0.1, -0.05) is 0 Å². The second kappa shape index (κ2) is 7.45. The Morgan fingerprint density at radius 2 is 2.11 bits per heavy atom. The summed E-state index contributed by atoms with van der Waals surface area (Å²) in [7, 11) is 0. The minimum atomic E-state index is 0.144. The van der Waals surface area contributed by atoms with Gasteiger partial charge in [0, 0.05) is 22.5 Å². The van der Waals surface area contributed by atoms with Crippen molar-refractivity contribution in [1.82, 2.24) is 4.90 Å². The van der Waals surface area contributed by atoms with Crippen LogP contribution in [0.3, 0.4) is 0 Å². The quantitative estimate of drug-likeness (QED) is 0.780. The summed E-state index contributed by atoms with van der Waals surface area (Å²) in [5.41, 5.74) is 0.606. The summed E-state index contributed by atoms with van der Waals surface area (Å²) < 4.78 is 0.769. The lowest BCUT2D eigenvalue weighted by molar-refractivity contribution is -0.127. The van der Waals surface area contributed by atoms with Crippen LogP contribution >= 0.6 is 27.7 Å². The largest absolute Gasteiger partial charge is 0.343 e. The fourth-order valence-corrected chi connectivity index (χ4v) is 2.95. The summed E-state index contributed by atoms with van der Waals surface area (Å²) in [6.45, 7) is 5.44. The summed E-state index contributed by atoms with van der Waals surface area (Å²) in [5.74, 6) is 0.575. The molecule has 0 aliphatic carbocycles. The Morgan fingerprint density at radius 3 is 2.61 bits per heavy atom. The lowest BCUT2D eigenvalue weighted by Crippen LogP contribution is -2.31. The second-order valence-corrected chi connectivity index (χ2v) is 5.51. The highest BCUT2D eigenvalue weighted by Gasteiger charge is 2.10. The monoisotopic (exact) mass is 326 g/mol. The van der Waals surface area contributed by atoms with E-state index in [1.165, 1.54) is 11.8 Å². The van der Waals surface area contributed by atoms with E-state index >= 15 is 0 Å². The Kier molecular flexibility index (Phi) is 6.23. The first kappa shape index (κ1) is 15.1. The molecule has 0 fully saturated rings. The van der Waals surface area contributed by atoms with Crippen molar-refractivity contribution in [3.8, 4) is 6.07 Å². The zero-order chi connectivity index (χ0) is 13.5. The number of benzene rings is 1. The normalized spacial score (nSPS) is 9.89. The summed E-state index contributed by atoms with van der Waals surface area (Å²) in [6.07, 6.45) is 0. The summed E-state index contributed by atoms with van der Waals surface area (Å²) >= 11 is 4.83. The Bertz CT molecular complexity index is 467. The first-order valence-electron chi connectivity index (χ1n) is 5.72. The number of halogens is 1. The van der Waals surface area contributed by atoms with Crippen LogP contribution in [0.15, 0.2) is 27.6 Å². The summed E-state index contributed by atoms with van der Waals surface area (Å²) in [6, 6.07) is 7.59. The molecule has 1 rings (SSSR count). The van der Waals surface area contributed by atoms with E-state index in [1.54, 1.807) is 6.07 Å². The van der Waals surface area contributed by atoms with Gasteiger partial charge in [0.2, 0.25) is 5.91 Å². The smallest absolute Gasteiger partial charge is 0.232 e. The molecule has 96 valence electrons. The molecule has 5 heteroatoms. The van der Waals surface area contributed by atoms with Gasteiger partial charge >= 0.3 is 0 Å². The Labute approximate surface area is 120 Å². The van der Waals surface area contributed by atoms with Crippen molar-refractivity contribution in [2.24, 2.45) is 0 Å². The standard InChI is InChI=1S/C13H15BrN2OS/c1-3-16(4-2)13(17)9-18-11-6-5-10(8-15)12(14)7-11/h5-7H,3-4,9H2,1-2H3. The highest BCUT2D eigenvalue weighted by molar-refractivity contribution is 9.10. The molecule has 0 saturated heterocycles. The van der Waals surface area contributed by atoms with Crippen LogP contribution in [0.25, 0.3) is 0 Å². The fraction of sp³-hybridized carbons (Fsp3) is 0.385. The van der Waals surface area contributed by atoms with E-state index in [4.69, 9.17) is 5.26 Å². The van der Waals surface area contributed by atoms with Gasteiger partial charge in [0.25, 0.3) is 0 Å². The molecule has 18 heavy (non-hydrogen) atoms. The minimum absolute atomic E-state index is 0.144. The number of carbonyl (C=O) groups excluding carboxylic acids is 1. The van der Waals surface area contributed by atoms with Gasteiger partial charge in [0.05, 0.1) is 11.3 Å². The van der Waals surface area contributed by atoms with Gasteiger partial charge in [-0.05, 0) is 48.0 Å². The zero-order valence-corrected chi connectivity index (χ0v) is 12.8. The topological polar surface area (TPSA) is 44.1 Å². The van der Waals surface area contributed by atoms with E-state index in [0.29, 0.717) is 11.3 Å². The average Bonchev–Trinajstić information content (AvgIpc) is 2.38. The van der Waals surface area contributed by atoms with Gasteiger partial charge in [0.15, 0.2) is 0 Å². The molecular formula is C13H15BrN2OS. The van der Waals surface area contributed by atoms with Crippen molar-refractivity contribution in [2.75, 3.05) is 18.8 Å². The lowest BCUT2D eigenvalue weighted by atomic mass is 10.2. The third-order valence-electron chi connectivity index (χ3n) is 2.54. The molecule has 0 spiro atoms. The molecule has 0 unspecified atom stereocenters. The van der Waals surface area contributed by atoms with E-state index in [0.717, 1.165) is 22.5 Å². The molecule has 1 aromatic carbocycles. The molecular weight excluding hydrogens is 312 g/mol.